The molecule has 0 spiro atoms. The molecule has 0 aliphatic heterocycles. The fourth-order valence-corrected chi connectivity index (χ4v) is 3.20. The second kappa shape index (κ2) is 9.63. The van der Waals surface area contributed by atoms with Gasteiger partial charge in [-0.2, -0.15) is 11.8 Å². The minimum Gasteiger partial charge on any atom is -0.340 e. The molecule has 0 aliphatic rings. The van der Waals surface area contributed by atoms with Gasteiger partial charge in [0.2, 0.25) is 5.91 Å². The summed E-state index contributed by atoms with van der Waals surface area (Å²) >= 11 is 5.03. The molecule has 0 bridgehead atoms. The van der Waals surface area contributed by atoms with Gasteiger partial charge in [-0.1, -0.05) is 39.7 Å². The Bertz CT molecular complexity index is 752. The van der Waals surface area contributed by atoms with Crippen LogP contribution >= 0.6 is 27.7 Å². The molecule has 0 saturated carbocycles. The van der Waals surface area contributed by atoms with Crippen molar-refractivity contribution in [3.05, 3.63) is 64.1 Å². The largest absolute Gasteiger partial charge is 0.340 e. The van der Waals surface area contributed by atoms with Crippen molar-refractivity contribution in [2.75, 3.05) is 17.3 Å². The Balaban J connectivity index is 2.09. The number of carbonyl (C=O) groups excluding carboxylic acids is 2. The first-order valence-electron chi connectivity index (χ1n) is 7.92. The number of hydrogen-bond acceptors (Lipinski definition) is 3. The van der Waals surface area contributed by atoms with Crippen LogP contribution in [0.5, 0.6) is 0 Å². The zero-order valence-corrected chi connectivity index (χ0v) is 16.6. The lowest BCUT2D eigenvalue weighted by atomic mass is 10.1. The molecule has 2 amide bonds. The zero-order valence-electron chi connectivity index (χ0n) is 14.2. The Kier molecular flexibility index (Phi) is 7.52. The van der Waals surface area contributed by atoms with Crippen molar-refractivity contribution in [2.45, 2.75) is 19.4 Å². The van der Waals surface area contributed by atoms with Crippen molar-refractivity contribution >= 4 is 45.2 Å². The Labute approximate surface area is 160 Å². The summed E-state index contributed by atoms with van der Waals surface area (Å²) in [4.78, 5) is 25.1. The monoisotopic (exact) mass is 420 g/mol. The number of amides is 2. The Morgan fingerprint density at radius 3 is 2.60 bits per heavy atom. The maximum atomic E-state index is 12.6. The van der Waals surface area contributed by atoms with Crippen LogP contribution in [0.3, 0.4) is 0 Å². The fraction of sp³-hybridized carbons (Fsp3) is 0.263. The van der Waals surface area contributed by atoms with Gasteiger partial charge in [-0.25, -0.2) is 0 Å². The molecule has 0 aromatic heterocycles. The highest BCUT2D eigenvalue weighted by molar-refractivity contribution is 9.10. The molecule has 2 N–H and O–H groups in total. The SMILES string of the molecule is CSCCC(NC(=O)c1cccc(C)c1)C(=O)Nc1cccc(Br)c1. The molecule has 25 heavy (non-hydrogen) atoms. The summed E-state index contributed by atoms with van der Waals surface area (Å²) in [6.07, 6.45) is 2.55. The van der Waals surface area contributed by atoms with Crippen LogP contribution in [0.25, 0.3) is 0 Å². The highest BCUT2D eigenvalue weighted by atomic mass is 79.9. The maximum absolute atomic E-state index is 12.6. The quantitative estimate of drug-likeness (QED) is 0.703. The van der Waals surface area contributed by atoms with Crippen molar-refractivity contribution in [1.29, 1.82) is 0 Å². The van der Waals surface area contributed by atoms with Crippen LogP contribution in [0.2, 0.25) is 0 Å². The first kappa shape index (κ1) is 19.5. The molecule has 2 aromatic rings. The van der Waals surface area contributed by atoms with Gasteiger partial charge in [-0.3, -0.25) is 9.59 Å². The van der Waals surface area contributed by atoms with Crippen LogP contribution in [0, 0.1) is 6.92 Å². The second-order valence-electron chi connectivity index (χ2n) is 5.68. The number of benzene rings is 2. The van der Waals surface area contributed by atoms with Crippen molar-refractivity contribution in [3.63, 3.8) is 0 Å². The van der Waals surface area contributed by atoms with E-state index in [1.807, 2.05) is 55.6 Å². The molecule has 132 valence electrons. The van der Waals surface area contributed by atoms with Crippen LogP contribution in [0.15, 0.2) is 53.0 Å². The molecular weight excluding hydrogens is 400 g/mol. The van der Waals surface area contributed by atoms with Crippen LogP contribution in [-0.4, -0.2) is 29.9 Å². The zero-order chi connectivity index (χ0) is 18.2. The molecule has 0 heterocycles. The minimum absolute atomic E-state index is 0.215. The normalized spacial score (nSPS) is 11.6. The van der Waals surface area contributed by atoms with E-state index in [0.717, 1.165) is 15.8 Å². The van der Waals surface area contributed by atoms with E-state index >= 15 is 0 Å². The summed E-state index contributed by atoms with van der Waals surface area (Å²) in [6, 6.07) is 14.1. The summed E-state index contributed by atoms with van der Waals surface area (Å²) < 4.78 is 0.884. The summed E-state index contributed by atoms with van der Waals surface area (Å²) in [6.45, 7) is 1.93. The number of thioether (sulfide) groups is 1. The predicted octanol–water partition coefficient (Wildman–Crippen LogP) is 4.25. The number of hydrogen-bond donors (Lipinski definition) is 2. The minimum atomic E-state index is -0.584. The topological polar surface area (TPSA) is 58.2 Å². The Hall–Kier alpha value is -1.79. The van der Waals surface area contributed by atoms with Gasteiger partial charge in [0.25, 0.3) is 5.91 Å². The van der Waals surface area contributed by atoms with Crippen LogP contribution in [0.1, 0.15) is 22.3 Å². The van der Waals surface area contributed by atoms with E-state index in [0.29, 0.717) is 17.7 Å². The molecule has 0 radical (unpaired) electrons. The van der Waals surface area contributed by atoms with Gasteiger partial charge in [-0.15, -0.1) is 0 Å². The van der Waals surface area contributed by atoms with Gasteiger partial charge in [-0.05, 0) is 55.7 Å². The van der Waals surface area contributed by atoms with E-state index in [-0.39, 0.29) is 11.8 Å². The third kappa shape index (κ3) is 6.21. The third-order valence-corrected chi connectivity index (χ3v) is 4.74. The molecule has 1 atom stereocenters. The summed E-state index contributed by atoms with van der Waals surface area (Å²) in [5, 5.41) is 5.72. The Morgan fingerprint density at radius 1 is 1.16 bits per heavy atom. The third-order valence-electron chi connectivity index (χ3n) is 3.60. The highest BCUT2D eigenvalue weighted by Crippen LogP contribution is 2.16. The first-order valence-corrected chi connectivity index (χ1v) is 10.1. The molecule has 1 unspecified atom stereocenters. The van der Waals surface area contributed by atoms with Crippen molar-refractivity contribution in [1.82, 2.24) is 5.32 Å². The first-order chi connectivity index (χ1) is 12.0. The number of aryl methyl sites for hydroxylation is 1. The van der Waals surface area contributed by atoms with E-state index in [1.165, 1.54) is 0 Å². The lowest BCUT2D eigenvalue weighted by Gasteiger charge is -2.18. The number of halogens is 1. The summed E-state index contributed by atoms with van der Waals surface area (Å²) in [5.74, 6) is 0.331. The molecule has 0 saturated heterocycles. The molecular formula is C19H21BrN2O2S. The number of carbonyl (C=O) groups is 2. The smallest absolute Gasteiger partial charge is 0.251 e. The second-order valence-corrected chi connectivity index (χ2v) is 7.58. The van der Waals surface area contributed by atoms with E-state index in [4.69, 9.17) is 0 Å². The van der Waals surface area contributed by atoms with E-state index < -0.39 is 6.04 Å². The number of rotatable bonds is 7. The van der Waals surface area contributed by atoms with Gasteiger partial charge >= 0.3 is 0 Å². The van der Waals surface area contributed by atoms with E-state index in [2.05, 4.69) is 26.6 Å². The summed E-state index contributed by atoms with van der Waals surface area (Å²) in [5.41, 5.74) is 2.26. The molecule has 2 rings (SSSR count). The molecule has 0 aliphatic carbocycles. The van der Waals surface area contributed by atoms with Crippen molar-refractivity contribution < 1.29 is 9.59 Å². The summed E-state index contributed by atoms with van der Waals surface area (Å²) in [7, 11) is 0. The highest BCUT2D eigenvalue weighted by Gasteiger charge is 2.21. The van der Waals surface area contributed by atoms with Gasteiger partial charge in [0.1, 0.15) is 6.04 Å². The average Bonchev–Trinajstić information content (AvgIpc) is 2.58. The van der Waals surface area contributed by atoms with Crippen molar-refractivity contribution in [2.24, 2.45) is 0 Å². The number of anilines is 1. The average molecular weight is 421 g/mol. The van der Waals surface area contributed by atoms with Gasteiger partial charge in [0.15, 0.2) is 0 Å². The molecule has 6 heteroatoms. The standard InChI is InChI=1S/C19H21BrN2O2S/c1-13-5-3-6-14(11-13)18(23)22-17(9-10-25-2)19(24)21-16-8-4-7-15(20)12-16/h3-8,11-12,17H,9-10H2,1-2H3,(H,21,24)(H,22,23). The van der Waals surface area contributed by atoms with Gasteiger partial charge in [0.05, 0.1) is 0 Å². The fourth-order valence-electron chi connectivity index (χ4n) is 2.33. The van der Waals surface area contributed by atoms with E-state index in [9.17, 15) is 9.59 Å². The van der Waals surface area contributed by atoms with Crippen LogP contribution in [-0.2, 0) is 4.79 Å². The molecule has 4 nitrogen and oxygen atoms in total. The van der Waals surface area contributed by atoms with E-state index in [1.54, 1.807) is 17.8 Å². The Morgan fingerprint density at radius 2 is 1.92 bits per heavy atom. The predicted molar refractivity (Wildman–Crippen MR) is 108 cm³/mol. The molecule has 0 fully saturated rings. The van der Waals surface area contributed by atoms with Gasteiger partial charge in [0, 0.05) is 15.7 Å². The molecule has 2 aromatic carbocycles. The lowest BCUT2D eigenvalue weighted by Crippen LogP contribution is -2.44. The lowest BCUT2D eigenvalue weighted by molar-refractivity contribution is -0.118. The van der Waals surface area contributed by atoms with Crippen molar-refractivity contribution in [3.8, 4) is 0 Å². The number of nitrogens with one attached hydrogen (secondary N) is 2. The maximum Gasteiger partial charge on any atom is 0.251 e. The van der Waals surface area contributed by atoms with Gasteiger partial charge < -0.3 is 10.6 Å². The van der Waals surface area contributed by atoms with Crippen LogP contribution in [0.4, 0.5) is 5.69 Å². The van der Waals surface area contributed by atoms with Crippen LogP contribution < -0.4 is 10.6 Å².